The smallest absolute Gasteiger partial charge is 0.237 e. The van der Waals surface area contributed by atoms with E-state index in [-0.39, 0.29) is 29.7 Å². The minimum Gasteiger partial charge on any atom is -0.496 e. The number of piperidine rings is 1. The van der Waals surface area contributed by atoms with Crippen LogP contribution in [0.3, 0.4) is 0 Å². The third-order valence-corrected chi connectivity index (χ3v) is 5.85. The van der Waals surface area contributed by atoms with Crippen LogP contribution in [0, 0.1) is 5.92 Å². The molecule has 0 saturated carbocycles. The van der Waals surface area contributed by atoms with E-state index in [0.29, 0.717) is 0 Å². The zero-order valence-corrected chi connectivity index (χ0v) is 17.4. The molecule has 154 valence electrons. The number of methoxy groups -OCH3 is 1. The van der Waals surface area contributed by atoms with Gasteiger partial charge in [0.05, 0.1) is 19.2 Å². The number of benzene rings is 2. The summed E-state index contributed by atoms with van der Waals surface area (Å²) in [6.07, 6.45) is 1.57. The second-order valence-electron chi connectivity index (χ2n) is 7.69. The molecule has 1 fully saturated rings. The Hall–Kier alpha value is -2.66. The van der Waals surface area contributed by atoms with Crippen LogP contribution in [0.15, 0.2) is 54.6 Å². The number of rotatable bonds is 7. The number of likely N-dealkylation sites (tertiary alicyclic amines) is 1. The van der Waals surface area contributed by atoms with Gasteiger partial charge in [0.15, 0.2) is 5.78 Å². The molecule has 1 amide bonds. The van der Waals surface area contributed by atoms with Gasteiger partial charge in [0.25, 0.3) is 0 Å². The normalized spacial score (nSPS) is 17.3. The monoisotopic (exact) mass is 394 g/mol. The fourth-order valence-corrected chi connectivity index (χ4v) is 3.99. The number of nitrogens with zero attached hydrogens (tertiary/aromatic N) is 1. The number of para-hydroxylation sites is 1. The van der Waals surface area contributed by atoms with E-state index >= 15 is 0 Å². The van der Waals surface area contributed by atoms with Gasteiger partial charge in [-0.25, -0.2) is 0 Å². The zero-order valence-electron chi connectivity index (χ0n) is 17.4. The summed E-state index contributed by atoms with van der Waals surface area (Å²) in [5.41, 5.74) is 1.74. The average molecular weight is 395 g/mol. The first-order valence-corrected chi connectivity index (χ1v) is 10.3. The predicted molar refractivity (Wildman–Crippen MR) is 114 cm³/mol. The first-order chi connectivity index (χ1) is 14.0. The minimum atomic E-state index is -0.236. The van der Waals surface area contributed by atoms with E-state index in [1.165, 1.54) is 0 Å². The molecule has 0 radical (unpaired) electrons. The van der Waals surface area contributed by atoms with Crippen LogP contribution in [0.2, 0.25) is 0 Å². The van der Waals surface area contributed by atoms with E-state index in [1.807, 2.05) is 68.4 Å². The first-order valence-electron chi connectivity index (χ1n) is 10.3. The molecule has 3 rings (SSSR count). The summed E-state index contributed by atoms with van der Waals surface area (Å²) in [5, 5.41) is 3.10. The number of hydrogen-bond acceptors (Lipinski definition) is 4. The van der Waals surface area contributed by atoms with Crippen LogP contribution >= 0.6 is 0 Å². The van der Waals surface area contributed by atoms with Crippen molar-refractivity contribution in [1.82, 2.24) is 10.2 Å². The third-order valence-electron chi connectivity index (χ3n) is 5.85. The predicted octanol–water partition coefficient (Wildman–Crippen LogP) is 3.86. The minimum absolute atomic E-state index is 0.00348. The summed E-state index contributed by atoms with van der Waals surface area (Å²) >= 11 is 0. The van der Waals surface area contributed by atoms with E-state index in [2.05, 4.69) is 10.2 Å². The molecule has 1 N–H and O–H groups in total. The largest absolute Gasteiger partial charge is 0.496 e. The second kappa shape index (κ2) is 9.70. The fourth-order valence-electron chi connectivity index (χ4n) is 3.99. The molecule has 5 nitrogen and oxygen atoms in total. The molecule has 0 aromatic heterocycles. The first kappa shape index (κ1) is 21.1. The molecule has 1 aliphatic heterocycles. The van der Waals surface area contributed by atoms with Crippen molar-refractivity contribution < 1.29 is 14.3 Å². The topological polar surface area (TPSA) is 58.6 Å². The number of amides is 1. The molecule has 0 bridgehead atoms. The number of hydrogen-bond donors (Lipinski definition) is 1. The van der Waals surface area contributed by atoms with Crippen LogP contribution in [0.5, 0.6) is 5.75 Å². The van der Waals surface area contributed by atoms with Gasteiger partial charge in [0.2, 0.25) is 5.91 Å². The van der Waals surface area contributed by atoms with Crippen LogP contribution in [0.25, 0.3) is 0 Å². The third kappa shape index (κ3) is 5.04. The van der Waals surface area contributed by atoms with Gasteiger partial charge in [0, 0.05) is 17.0 Å². The van der Waals surface area contributed by atoms with Crippen LogP contribution in [-0.4, -0.2) is 42.8 Å². The maximum atomic E-state index is 12.8. The van der Waals surface area contributed by atoms with Gasteiger partial charge in [0.1, 0.15) is 5.75 Å². The number of ketones is 1. The Morgan fingerprint density at radius 1 is 1.00 bits per heavy atom. The Balaban J connectivity index is 1.54. The van der Waals surface area contributed by atoms with Gasteiger partial charge in [-0.3, -0.25) is 14.5 Å². The molecule has 5 heteroatoms. The summed E-state index contributed by atoms with van der Waals surface area (Å²) < 4.78 is 5.40. The lowest BCUT2D eigenvalue weighted by molar-refractivity contribution is -0.127. The molecular formula is C24H30N2O3. The summed E-state index contributed by atoms with van der Waals surface area (Å²) in [7, 11) is 1.64. The highest BCUT2D eigenvalue weighted by Crippen LogP contribution is 2.26. The molecule has 2 aromatic rings. The number of carbonyl (C=O) groups excluding carboxylic acids is 2. The molecular weight excluding hydrogens is 364 g/mol. The van der Waals surface area contributed by atoms with Crippen molar-refractivity contribution in [2.24, 2.45) is 5.92 Å². The van der Waals surface area contributed by atoms with E-state index in [4.69, 9.17) is 4.74 Å². The van der Waals surface area contributed by atoms with Crippen LogP contribution in [-0.2, 0) is 4.79 Å². The van der Waals surface area contributed by atoms with Gasteiger partial charge < -0.3 is 10.1 Å². The van der Waals surface area contributed by atoms with Crippen LogP contribution in [0.1, 0.15) is 48.7 Å². The molecule has 2 aromatic carbocycles. The Bertz CT molecular complexity index is 829. The summed E-state index contributed by atoms with van der Waals surface area (Å²) in [4.78, 5) is 27.6. The highest BCUT2D eigenvalue weighted by molar-refractivity contribution is 5.97. The number of carbonyl (C=O) groups is 2. The van der Waals surface area contributed by atoms with Gasteiger partial charge >= 0.3 is 0 Å². The standard InChI is InChI=1S/C24H30N2O3/c1-17(21-11-7-8-12-22(21)29-3)25-24(28)18(2)26-15-13-20(14-16-26)23(27)19-9-5-4-6-10-19/h4-12,17-18,20H,13-16H2,1-3H3,(H,25,28). The average Bonchev–Trinajstić information content (AvgIpc) is 2.78. The Morgan fingerprint density at radius 2 is 1.62 bits per heavy atom. The quantitative estimate of drug-likeness (QED) is 0.725. The number of Topliss-reactive ketones (excluding diaryl/α,β-unsaturated/α-hetero) is 1. The van der Waals surface area contributed by atoms with E-state index in [0.717, 1.165) is 42.8 Å². The lowest BCUT2D eigenvalue weighted by atomic mass is 9.88. The molecule has 0 spiro atoms. The van der Waals surface area contributed by atoms with Crippen molar-refractivity contribution in [2.75, 3.05) is 20.2 Å². The fraction of sp³-hybridized carbons (Fsp3) is 0.417. The van der Waals surface area contributed by atoms with Gasteiger partial charge in [-0.15, -0.1) is 0 Å². The summed E-state index contributed by atoms with van der Waals surface area (Å²) in [5.74, 6) is 1.02. The van der Waals surface area contributed by atoms with Crippen molar-refractivity contribution in [3.05, 3.63) is 65.7 Å². The Kier molecular flexibility index (Phi) is 7.04. The van der Waals surface area contributed by atoms with Crippen molar-refractivity contribution in [3.8, 4) is 5.75 Å². The zero-order chi connectivity index (χ0) is 20.8. The molecule has 1 aliphatic rings. The van der Waals surface area contributed by atoms with E-state index in [9.17, 15) is 9.59 Å². The SMILES string of the molecule is COc1ccccc1C(C)NC(=O)C(C)N1CCC(C(=O)c2ccccc2)CC1. The van der Waals surface area contributed by atoms with Crippen molar-refractivity contribution >= 4 is 11.7 Å². The van der Waals surface area contributed by atoms with Crippen LogP contribution < -0.4 is 10.1 Å². The summed E-state index contributed by atoms with van der Waals surface area (Å²) in [6, 6.07) is 16.8. The highest BCUT2D eigenvalue weighted by Gasteiger charge is 2.30. The molecule has 29 heavy (non-hydrogen) atoms. The molecule has 0 aliphatic carbocycles. The van der Waals surface area contributed by atoms with Gasteiger partial charge in [-0.1, -0.05) is 48.5 Å². The van der Waals surface area contributed by atoms with Crippen molar-refractivity contribution in [2.45, 2.75) is 38.8 Å². The van der Waals surface area contributed by atoms with Crippen LogP contribution in [0.4, 0.5) is 0 Å². The Labute approximate surface area is 173 Å². The lowest BCUT2D eigenvalue weighted by Crippen LogP contribution is -2.49. The number of nitrogens with one attached hydrogen (secondary N) is 1. The second-order valence-corrected chi connectivity index (χ2v) is 7.69. The van der Waals surface area contributed by atoms with Gasteiger partial charge in [-0.2, -0.15) is 0 Å². The maximum absolute atomic E-state index is 12.8. The molecule has 2 atom stereocenters. The van der Waals surface area contributed by atoms with E-state index in [1.54, 1.807) is 7.11 Å². The van der Waals surface area contributed by atoms with Gasteiger partial charge in [-0.05, 0) is 45.8 Å². The van der Waals surface area contributed by atoms with Crippen molar-refractivity contribution in [3.63, 3.8) is 0 Å². The number of ether oxygens (including phenoxy) is 1. The van der Waals surface area contributed by atoms with E-state index < -0.39 is 0 Å². The molecule has 1 heterocycles. The maximum Gasteiger partial charge on any atom is 0.237 e. The lowest BCUT2D eigenvalue weighted by Gasteiger charge is -2.35. The summed E-state index contributed by atoms with van der Waals surface area (Å²) in [6.45, 7) is 5.40. The van der Waals surface area contributed by atoms with Crippen molar-refractivity contribution in [1.29, 1.82) is 0 Å². The Morgan fingerprint density at radius 3 is 2.28 bits per heavy atom. The molecule has 1 saturated heterocycles. The highest BCUT2D eigenvalue weighted by atomic mass is 16.5. The molecule has 2 unspecified atom stereocenters.